The zero-order valence-electron chi connectivity index (χ0n) is 8.73. The molecular formula is C11H22O. The molecule has 0 spiro atoms. The van der Waals surface area contributed by atoms with Crippen molar-refractivity contribution in [3.63, 3.8) is 0 Å². The van der Waals surface area contributed by atoms with Crippen LogP contribution in [0.2, 0.25) is 0 Å². The molecule has 0 radical (unpaired) electrons. The maximum absolute atomic E-state index is 5.47. The zero-order chi connectivity index (χ0) is 9.03. The Hall–Kier alpha value is -0.0400. The first-order valence-electron chi connectivity index (χ1n) is 5.22. The Balaban J connectivity index is 2.26. The molecule has 0 aromatic carbocycles. The van der Waals surface area contributed by atoms with Crippen molar-refractivity contribution in [2.75, 3.05) is 13.2 Å². The SMILES string of the molecule is CCOCC1CCCC(C)(C)C1. The Morgan fingerprint density at radius 1 is 1.42 bits per heavy atom. The van der Waals surface area contributed by atoms with Crippen molar-refractivity contribution in [3.8, 4) is 0 Å². The van der Waals surface area contributed by atoms with Crippen molar-refractivity contribution < 1.29 is 4.74 Å². The predicted molar refractivity (Wildman–Crippen MR) is 52.2 cm³/mol. The quantitative estimate of drug-likeness (QED) is 0.632. The molecule has 1 aliphatic carbocycles. The molecule has 1 aliphatic rings. The highest BCUT2D eigenvalue weighted by Crippen LogP contribution is 2.38. The van der Waals surface area contributed by atoms with E-state index >= 15 is 0 Å². The molecule has 1 heteroatoms. The van der Waals surface area contributed by atoms with Crippen LogP contribution in [0.3, 0.4) is 0 Å². The van der Waals surface area contributed by atoms with Crippen LogP contribution in [0.4, 0.5) is 0 Å². The van der Waals surface area contributed by atoms with E-state index in [1.54, 1.807) is 0 Å². The van der Waals surface area contributed by atoms with Crippen LogP contribution < -0.4 is 0 Å². The fourth-order valence-electron chi connectivity index (χ4n) is 2.28. The summed E-state index contributed by atoms with van der Waals surface area (Å²) in [6.07, 6.45) is 5.52. The van der Waals surface area contributed by atoms with E-state index in [4.69, 9.17) is 4.74 Å². The van der Waals surface area contributed by atoms with Gasteiger partial charge >= 0.3 is 0 Å². The highest BCUT2D eigenvalue weighted by atomic mass is 16.5. The molecule has 0 aromatic rings. The first-order valence-corrected chi connectivity index (χ1v) is 5.22. The van der Waals surface area contributed by atoms with E-state index in [0.717, 1.165) is 19.1 Å². The van der Waals surface area contributed by atoms with E-state index in [0.29, 0.717) is 5.41 Å². The van der Waals surface area contributed by atoms with Crippen molar-refractivity contribution in [1.82, 2.24) is 0 Å². The van der Waals surface area contributed by atoms with Gasteiger partial charge in [0.05, 0.1) is 0 Å². The smallest absolute Gasteiger partial charge is 0.0494 e. The number of hydrogen-bond donors (Lipinski definition) is 0. The molecule has 0 aromatic heterocycles. The van der Waals surface area contributed by atoms with Gasteiger partial charge in [0.25, 0.3) is 0 Å². The van der Waals surface area contributed by atoms with Gasteiger partial charge < -0.3 is 4.74 Å². The third-order valence-electron chi connectivity index (χ3n) is 2.86. The average molecular weight is 170 g/mol. The van der Waals surface area contributed by atoms with E-state index in [1.807, 2.05) is 0 Å². The van der Waals surface area contributed by atoms with Gasteiger partial charge in [0.2, 0.25) is 0 Å². The lowest BCUT2D eigenvalue weighted by Gasteiger charge is -2.34. The van der Waals surface area contributed by atoms with Crippen LogP contribution in [0.25, 0.3) is 0 Å². The second-order valence-electron chi connectivity index (χ2n) is 4.79. The Morgan fingerprint density at radius 3 is 2.75 bits per heavy atom. The van der Waals surface area contributed by atoms with Crippen molar-refractivity contribution in [1.29, 1.82) is 0 Å². The zero-order valence-corrected chi connectivity index (χ0v) is 8.73. The highest BCUT2D eigenvalue weighted by Gasteiger charge is 2.27. The van der Waals surface area contributed by atoms with Gasteiger partial charge in [-0.25, -0.2) is 0 Å². The number of ether oxygens (including phenoxy) is 1. The lowest BCUT2D eigenvalue weighted by atomic mass is 9.72. The molecule has 1 rings (SSSR count). The molecule has 72 valence electrons. The Morgan fingerprint density at radius 2 is 2.17 bits per heavy atom. The molecule has 0 aliphatic heterocycles. The largest absolute Gasteiger partial charge is 0.381 e. The summed E-state index contributed by atoms with van der Waals surface area (Å²) in [7, 11) is 0. The van der Waals surface area contributed by atoms with Gasteiger partial charge in [-0.1, -0.05) is 20.3 Å². The van der Waals surface area contributed by atoms with E-state index in [2.05, 4.69) is 20.8 Å². The molecule has 1 fully saturated rings. The van der Waals surface area contributed by atoms with E-state index < -0.39 is 0 Å². The van der Waals surface area contributed by atoms with Gasteiger partial charge in [0.1, 0.15) is 0 Å². The minimum atomic E-state index is 0.569. The molecular weight excluding hydrogens is 148 g/mol. The summed E-state index contributed by atoms with van der Waals surface area (Å²) in [5.74, 6) is 0.827. The lowest BCUT2D eigenvalue weighted by molar-refractivity contribution is 0.0641. The fraction of sp³-hybridized carbons (Fsp3) is 1.00. The molecule has 1 nitrogen and oxygen atoms in total. The Kier molecular flexibility index (Phi) is 3.57. The molecule has 0 amide bonds. The second-order valence-corrected chi connectivity index (χ2v) is 4.79. The maximum Gasteiger partial charge on any atom is 0.0494 e. The second kappa shape index (κ2) is 4.27. The van der Waals surface area contributed by atoms with E-state index in [9.17, 15) is 0 Å². The monoisotopic (exact) mass is 170 g/mol. The maximum atomic E-state index is 5.47. The fourth-order valence-corrected chi connectivity index (χ4v) is 2.28. The van der Waals surface area contributed by atoms with Crippen LogP contribution in [-0.2, 0) is 4.74 Å². The van der Waals surface area contributed by atoms with Gasteiger partial charge in [-0.2, -0.15) is 0 Å². The lowest BCUT2D eigenvalue weighted by Crippen LogP contribution is -2.25. The van der Waals surface area contributed by atoms with Crippen molar-refractivity contribution in [2.24, 2.45) is 11.3 Å². The van der Waals surface area contributed by atoms with Crippen molar-refractivity contribution in [2.45, 2.75) is 46.5 Å². The van der Waals surface area contributed by atoms with Gasteiger partial charge in [-0.15, -0.1) is 0 Å². The summed E-state index contributed by atoms with van der Waals surface area (Å²) in [5.41, 5.74) is 0.569. The summed E-state index contributed by atoms with van der Waals surface area (Å²) in [6, 6.07) is 0. The molecule has 1 unspecified atom stereocenters. The van der Waals surface area contributed by atoms with Crippen LogP contribution in [0.1, 0.15) is 46.5 Å². The molecule has 1 atom stereocenters. The van der Waals surface area contributed by atoms with Gasteiger partial charge in [-0.3, -0.25) is 0 Å². The topological polar surface area (TPSA) is 9.23 Å². The summed E-state index contributed by atoms with van der Waals surface area (Å²) in [4.78, 5) is 0. The Labute approximate surface area is 76.5 Å². The molecule has 0 heterocycles. The van der Waals surface area contributed by atoms with Gasteiger partial charge in [0, 0.05) is 13.2 Å². The summed E-state index contributed by atoms with van der Waals surface area (Å²) in [6.45, 7) is 8.70. The molecule has 0 bridgehead atoms. The first kappa shape index (κ1) is 10.0. The predicted octanol–water partition coefficient (Wildman–Crippen LogP) is 3.24. The minimum Gasteiger partial charge on any atom is -0.381 e. The van der Waals surface area contributed by atoms with E-state index in [1.165, 1.54) is 25.7 Å². The number of rotatable bonds is 3. The molecule has 0 N–H and O–H groups in total. The van der Waals surface area contributed by atoms with Crippen LogP contribution >= 0.6 is 0 Å². The summed E-state index contributed by atoms with van der Waals surface area (Å²) < 4.78 is 5.47. The standard InChI is InChI=1S/C11H22O/c1-4-12-9-10-6-5-7-11(2,3)8-10/h10H,4-9H2,1-3H3. The van der Waals surface area contributed by atoms with Crippen LogP contribution in [0.15, 0.2) is 0 Å². The Bertz CT molecular complexity index is 129. The molecule has 1 saturated carbocycles. The molecule has 12 heavy (non-hydrogen) atoms. The van der Waals surface area contributed by atoms with Crippen molar-refractivity contribution >= 4 is 0 Å². The highest BCUT2D eigenvalue weighted by molar-refractivity contribution is 4.78. The van der Waals surface area contributed by atoms with Crippen LogP contribution in [0, 0.1) is 11.3 Å². The third-order valence-corrected chi connectivity index (χ3v) is 2.86. The normalized spacial score (nSPS) is 28.8. The molecule has 0 saturated heterocycles. The number of hydrogen-bond acceptors (Lipinski definition) is 1. The average Bonchev–Trinajstić information content (AvgIpc) is 1.99. The van der Waals surface area contributed by atoms with Gasteiger partial charge in [0.15, 0.2) is 0 Å². The van der Waals surface area contributed by atoms with Gasteiger partial charge in [-0.05, 0) is 37.5 Å². The van der Waals surface area contributed by atoms with Crippen LogP contribution in [0.5, 0.6) is 0 Å². The summed E-state index contributed by atoms with van der Waals surface area (Å²) >= 11 is 0. The van der Waals surface area contributed by atoms with Crippen molar-refractivity contribution in [3.05, 3.63) is 0 Å². The first-order chi connectivity index (χ1) is 5.64. The minimum absolute atomic E-state index is 0.569. The van der Waals surface area contributed by atoms with E-state index in [-0.39, 0.29) is 0 Å². The third kappa shape index (κ3) is 3.14. The summed E-state index contributed by atoms with van der Waals surface area (Å²) in [5, 5.41) is 0. The van der Waals surface area contributed by atoms with Crippen LogP contribution in [-0.4, -0.2) is 13.2 Å².